The Kier molecular flexibility index (Phi) is 4.93. The predicted octanol–water partition coefficient (Wildman–Crippen LogP) is 3.65. The number of aliphatic hydroxyl groups is 1. The van der Waals surface area contributed by atoms with Gasteiger partial charge in [-0.05, 0) is 30.5 Å². The van der Waals surface area contributed by atoms with Gasteiger partial charge in [-0.2, -0.15) is 0 Å². The zero-order chi connectivity index (χ0) is 19.9. The van der Waals surface area contributed by atoms with Crippen LogP contribution in [0.25, 0.3) is 0 Å². The number of Topliss-reactive ketones (excluding diaryl/α,β-unsaturated/α-hetero) is 1. The van der Waals surface area contributed by atoms with Gasteiger partial charge >= 0.3 is 0 Å². The summed E-state index contributed by atoms with van der Waals surface area (Å²) < 4.78 is 5.10. The van der Waals surface area contributed by atoms with E-state index in [1.54, 1.807) is 37.8 Å². The SMILES string of the molecule is COc1ccc(C2C(C(=O)C(C)(C)C)=C(O)C(=O)N2C2CCCC2)cc1O. The molecule has 6 heteroatoms. The summed E-state index contributed by atoms with van der Waals surface area (Å²) in [5.41, 5.74) is -0.0450. The highest BCUT2D eigenvalue weighted by Gasteiger charge is 2.48. The summed E-state index contributed by atoms with van der Waals surface area (Å²) in [4.78, 5) is 27.6. The van der Waals surface area contributed by atoms with Gasteiger partial charge in [-0.25, -0.2) is 0 Å². The molecule has 1 aliphatic heterocycles. The average molecular weight is 373 g/mol. The second kappa shape index (κ2) is 6.91. The second-order valence-corrected chi connectivity index (χ2v) is 8.33. The summed E-state index contributed by atoms with van der Waals surface area (Å²) in [6.07, 6.45) is 3.71. The van der Waals surface area contributed by atoms with E-state index in [2.05, 4.69) is 0 Å². The number of ketones is 1. The van der Waals surface area contributed by atoms with Crippen LogP contribution < -0.4 is 4.74 Å². The van der Waals surface area contributed by atoms with Crippen molar-refractivity contribution in [2.45, 2.75) is 58.5 Å². The summed E-state index contributed by atoms with van der Waals surface area (Å²) in [5.74, 6) is -0.999. The second-order valence-electron chi connectivity index (χ2n) is 8.33. The predicted molar refractivity (Wildman–Crippen MR) is 101 cm³/mol. The van der Waals surface area contributed by atoms with E-state index in [-0.39, 0.29) is 23.1 Å². The number of nitrogens with zero attached hydrogens (tertiary/aromatic N) is 1. The molecule has 146 valence electrons. The minimum Gasteiger partial charge on any atom is -0.504 e. The Morgan fingerprint density at radius 3 is 2.33 bits per heavy atom. The van der Waals surface area contributed by atoms with Crippen LogP contribution in [-0.4, -0.2) is 40.0 Å². The molecule has 0 bridgehead atoms. The number of benzene rings is 1. The first kappa shape index (κ1) is 19.3. The maximum atomic E-state index is 13.1. The number of hydrogen-bond acceptors (Lipinski definition) is 5. The molecule has 0 aromatic heterocycles. The zero-order valence-electron chi connectivity index (χ0n) is 16.3. The molecule has 1 amide bonds. The molecule has 3 rings (SSSR count). The van der Waals surface area contributed by atoms with Crippen molar-refractivity contribution in [3.05, 3.63) is 35.1 Å². The van der Waals surface area contributed by atoms with Gasteiger partial charge in [0.25, 0.3) is 5.91 Å². The van der Waals surface area contributed by atoms with E-state index in [0.29, 0.717) is 11.3 Å². The van der Waals surface area contributed by atoms with Crippen LogP contribution in [-0.2, 0) is 9.59 Å². The lowest BCUT2D eigenvalue weighted by Gasteiger charge is -2.33. The molecule has 1 heterocycles. The number of aliphatic hydroxyl groups excluding tert-OH is 1. The zero-order valence-corrected chi connectivity index (χ0v) is 16.3. The molecule has 2 N–H and O–H groups in total. The van der Waals surface area contributed by atoms with E-state index >= 15 is 0 Å². The molecule has 0 radical (unpaired) electrons. The minimum absolute atomic E-state index is 0.0286. The van der Waals surface area contributed by atoms with Crippen LogP contribution >= 0.6 is 0 Å². The topological polar surface area (TPSA) is 87.1 Å². The van der Waals surface area contributed by atoms with E-state index in [0.717, 1.165) is 25.7 Å². The Bertz CT molecular complexity index is 799. The largest absolute Gasteiger partial charge is 0.504 e. The maximum absolute atomic E-state index is 13.1. The minimum atomic E-state index is -0.748. The smallest absolute Gasteiger partial charge is 0.290 e. The third-order valence-electron chi connectivity index (χ3n) is 5.41. The molecule has 2 aliphatic rings. The lowest BCUT2D eigenvalue weighted by atomic mass is 9.82. The number of hydrogen-bond donors (Lipinski definition) is 2. The molecule has 27 heavy (non-hydrogen) atoms. The Labute approximate surface area is 159 Å². The van der Waals surface area contributed by atoms with Gasteiger partial charge in [0.05, 0.1) is 18.7 Å². The number of carbonyl (C=O) groups excluding carboxylic acids is 2. The van der Waals surface area contributed by atoms with E-state index in [1.807, 2.05) is 0 Å². The first-order valence-corrected chi connectivity index (χ1v) is 9.34. The van der Waals surface area contributed by atoms with Crippen LogP contribution in [0.5, 0.6) is 11.5 Å². The van der Waals surface area contributed by atoms with E-state index < -0.39 is 23.1 Å². The van der Waals surface area contributed by atoms with Crippen molar-refractivity contribution in [3.63, 3.8) is 0 Å². The molecule has 1 aromatic carbocycles. The molecule has 1 aliphatic carbocycles. The molecule has 1 atom stereocenters. The Morgan fingerprint density at radius 1 is 1.19 bits per heavy atom. The van der Waals surface area contributed by atoms with Crippen molar-refractivity contribution in [2.24, 2.45) is 5.41 Å². The molecule has 1 fully saturated rings. The van der Waals surface area contributed by atoms with Crippen molar-refractivity contribution >= 4 is 11.7 Å². The summed E-state index contributed by atoms with van der Waals surface area (Å²) in [6.45, 7) is 5.29. The van der Waals surface area contributed by atoms with Gasteiger partial charge < -0.3 is 19.8 Å². The standard InChI is InChI=1S/C21H27NO5/c1-21(2,3)19(25)16-17(12-9-10-15(27-4)14(23)11-12)22(20(26)18(16)24)13-7-5-6-8-13/h9-11,13,17,23-24H,5-8H2,1-4H3. The Balaban J connectivity index is 2.13. The lowest BCUT2D eigenvalue weighted by Crippen LogP contribution is -2.39. The van der Waals surface area contributed by atoms with Crippen molar-refractivity contribution in [2.75, 3.05) is 7.11 Å². The molecule has 1 saturated carbocycles. The Hall–Kier alpha value is -2.50. The van der Waals surface area contributed by atoms with E-state index in [9.17, 15) is 19.8 Å². The third kappa shape index (κ3) is 3.29. The quantitative estimate of drug-likeness (QED) is 0.841. The van der Waals surface area contributed by atoms with Crippen molar-refractivity contribution in [3.8, 4) is 11.5 Å². The number of aromatic hydroxyl groups is 1. The summed E-state index contributed by atoms with van der Waals surface area (Å²) in [5, 5.41) is 20.8. The molecular weight excluding hydrogens is 346 g/mol. The van der Waals surface area contributed by atoms with Gasteiger partial charge in [-0.15, -0.1) is 0 Å². The molecular formula is C21H27NO5. The number of phenols is 1. The van der Waals surface area contributed by atoms with E-state index in [4.69, 9.17) is 4.74 Å². The average Bonchev–Trinajstić information content (AvgIpc) is 3.21. The fraction of sp³-hybridized carbons (Fsp3) is 0.524. The van der Waals surface area contributed by atoms with Gasteiger partial charge in [0.1, 0.15) is 0 Å². The third-order valence-corrected chi connectivity index (χ3v) is 5.41. The van der Waals surface area contributed by atoms with Crippen LogP contribution in [0.4, 0.5) is 0 Å². The monoisotopic (exact) mass is 373 g/mol. The lowest BCUT2D eigenvalue weighted by molar-refractivity contribution is -0.131. The number of ether oxygens (including phenoxy) is 1. The normalized spacial score (nSPS) is 21.3. The van der Waals surface area contributed by atoms with Gasteiger partial charge in [0.15, 0.2) is 23.0 Å². The van der Waals surface area contributed by atoms with Gasteiger partial charge in [0, 0.05) is 11.5 Å². The van der Waals surface area contributed by atoms with Crippen LogP contribution in [0.3, 0.4) is 0 Å². The van der Waals surface area contributed by atoms with Crippen LogP contribution in [0, 0.1) is 5.41 Å². The Morgan fingerprint density at radius 2 is 1.81 bits per heavy atom. The highest BCUT2D eigenvalue weighted by Crippen LogP contribution is 2.45. The molecule has 1 unspecified atom stereocenters. The number of methoxy groups -OCH3 is 1. The van der Waals surface area contributed by atoms with Crippen molar-refractivity contribution < 1.29 is 24.5 Å². The van der Waals surface area contributed by atoms with Crippen molar-refractivity contribution in [1.29, 1.82) is 0 Å². The van der Waals surface area contributed by atoms with E-state index in [1.165, 1.54) is 13.2 Å². The fourth-order valence-electron chi connectivity index (χ4n) is 4.02. The number of amides is 1. The number of carbonyl (C=O) groups is 2. The molecule has 1 aromatic rings. The van der Waals surface area contributed by atoms with Crippen LogP contribution in [0.1, 0.15) is 58.1 Å². The molecule has 0 saturated heterocycles. The van der Waals surface area contributed by atoms with Crippen molar-refractivity contribution in [1.82, 2.24) is 4.90 Å². The first-order chi connectivity index (χ1) is 12.7. The fourth-order valence-corrected chi connectivity index (χ4v) is 4.02. The number of phenolic OH excluding ortho intramolecular Hbond substituents is 1. The summed E-state index contributed by atoms with van der Waals surface area (Å²) in [6, 6.07) is 4.11. The first-order valence-electron chi connectivity index (χ1n) is 9.34. The molecule has 6 nitrogen and oxygen atoms in total. The number of rotatable bonds is 4. The highest BCUT2D eigenvalue weighted by molar-refractivity contribution is 6.10. The van der Waals surface area contributed by atoms with Crippen LogP contribution in [0.2, 0.25) is 0 Å². The summed E-state index contributed by atoms with van der Waals surface area (Å²) in [7, 11) is 1.46. The molecule has 0 spiro atoms. The maximum Gasteiger partial charge on any atom is 0.290 e. The summed E-state index contributed by atoms with van der Waals surface area (Å²) >= 11 is 0. The van der Waals surface area contributed by atoms with Gasteiger partial charge in [-0.1, -0.05) is 39.7 Å². The highest BCUT2D eigenvalue weighted by atomic mass is 16.5. The van der Waals surface area contributed by atoms with Gasteiger partial charge in [0.2, 0.25) is 0 Å². The van der Waals surface area contributed by atoms with Gasteiger partial charge in [-0.3, -0.25) is 9.59 Å². The van der Waals surface area contributed by atoms with Crippen LogP contribution in [0.15, 0.2) is 29.5 Å².